The summed E-state index contributed by atoms with van der Waals surface area (Å²) in [5.41, 5.74) is 3.15. The second-order valence-corrected chi connectivity index (χ2v) is 5.93. The minimum absolute atomic E-state index is 0.0751. The molecule has 1 amide bonds. The maximum Gasteiger partial charge on any atom is 0.246 e. The Morgan fingerprint density at radius 3 is 2.96 bits per heavy atom. The Hall–Kier alpha value is -2.19. The molecule has 24 heavy (non-hydrogen) atoms. The molecule has 1 aliphatic rings. The molecule has 0 spiro atoms. The van der Waals surface area contributed by atoms with E-state index in [0.29, 0.717) is 6.54 Å². The molecule has 8 heteroatoms. The summed E-state index contributed by atoms with van der Waals surface area (Å²) in [6.07, 6.45) is 2.02. The van der Waals surface area contributed by atoms with E-state index in [9.17, 15) is 4.79 Å². The van der Waals surface area contributed by atoms with Crippen molar-refractivity contribution in [3.05, 3.63) is 35.4 Å². The zero-order valence-electron chi connectivity index (χ0n) is 14.2. The van der Waals surface area contributed by atoms with Crippen LogP contribution in [-0.4, -0.2) is 50.6 Å². The third-order valence-corrected chi connectivity index (χ3v) is 4.08. The zero-order chi connectivity index (χ0) is 16.9. The van der Waals surface area contributed by atoms with Crippen molar-refractivity contribution in [2.24, 2.45) is 0 Å². The number of nitrogens with zero attached hydrogens (tertiary/aromatic N) is 5. The van der Waals surface area contributed by atoms with Crippen molar-refractivity contribution in [3.63, 3.8) is 0 Å². The number of hydrogen-bond acceptors (Lipinski definition) is 5. The molecule has 0 fully saturated rings. The number of ether oxygens (including phenoxy) is 1. The van der Waals surface area contributed by atoms with E-state index in [0.717, 1.165) is 44.1 Å². The Morgan fingerprint density at radius 2 is 2.21 bits per heavy atom. The lowest BCUT2D eigenvalue weighted by molar-refractivity contribution is -0.124. The highest BCUT2D eigenvalue weighted by Gasteiger charge is 2.19. The number of aryl methyl sites for hydroxylation is 1. The predicted octanol–water partition coefficient (Wildman–Crippen LogP) is 0.378. The molecule has 2 aromatic heterocycles. The third kappa shape index (κ3) is 4.01. The fourth-order valence-electron chi connectivity index (χ4n) is 2.87. The Balaban J connectivity index is 1.56. The van der Waals surface area contributed by atoms with Gasteiger partial charge in [-0.15, -0.1) is 0 Å². The lowest BCUT2D eigenvalue weighted by Gasteiger charge is -2.26. The number of aromatic nitrogens is 4. The van der Waals surface area contributed by atoms with Gasteiger partial charge in [-0.1, -0.05) is 0 Å². The van der Waals surface area contributed by atoms with Crippen molar-refractivity contribution in [2.45, 2.75) is 39.6 Å². The van der Waals surface area contributed by atoms with Crippen LogP contribution in [0.15, 0.2) is 18.3 Å². The van der Waals surface area contributed by atoms with Crippen LogP contribution in [0.1, 0.15) is 24.0 Å². The van der Waals surface area contributed by atoms with E-state index in [4.69, 9.17) is 4.74 Å². The average Bonchev–Trinajstić information content (AvgIpc) is 3.19. The number of rotatable bonds is 7. The van der Waals surface area contributed by atoms with Crippen molar-refractivity contribution in [1.82, 2.24) is 29.8 Å². The van der Waals surface area contributed by atoms with Crippen molar-refractivity contribution < 1.29 is 9.53 Å². The fourth-order valence-corrected chi connectivity index (χ4v) is 2.87. The summed E-state index contributed by atoms with van der Waals surface area (Å²) in [4.78, 5) is 13.8. The molecular formula is C16H24N6O2. The second kappa shape index (κ2) is 7.59. The SMILES string of the molecule is CCn1ccc(CN2CCn3nc(CNC(=O)COC)cc3C2)n1. The minimum atomic E-state index is -0.128. The van der Waals surface area contributed by atoms with Gasteiger partial charge in [0.15, 0.2) is 0 Å². The van der Waals surface area contributed by atoms with Crippen molar-refractivity contribution in [1.29, 1.82) is 0 Å². The highest BCUT2D eigenvalue weighted by Crippen LogP contribution is 2.15. The number of methoxy groups -OCH3 is 1. The van der Waals surface area contributed by atoms with Crippen LogP contribution < -0.4 is 5.32 Å². The molecule has 130 valence electrons. The van der Waals surface area contributed by atoms with Crippen LogP contribution in [0.5, 0.6) is 0 Å². The van der Waals surface area contributed by atoms with Crippen LogP contribution >= 0.6 is 0 Å². The van der Waals surface area contributed by atoms with Gasteiger partial charge in [-0.05, 0) is 19.1 Å². The molecule has 0 saturated heterocycles. The summed E-state index contributed by atoms with van der Waals surface area (Å²) in [5, 5.41) is 11.9. The first-order valence-electron chi connectivity index (χ1n) is 8.24. The van der Waals surface area contributed by atoms with Crippen LogP contribution in [0.3, 0.4) is 0 Å². The maximum absolute atomic E-state index is 11.5. The van der Waals surface area contributed by atoms with Gasteiger partial charge in [0.2, 0.25) is 5.91 Å². The molecule has 3 rings (SSSR count). The Kier molecular flexibility index (Phi) is 5.27. The van der Waals surface area contributed by atoms with Crippen LogP contribution in [0.25, 0.3) is 0 Å². The second-order valence-electron chi connectivity index (χ2n) is 5.93. The largest absolute Gasteiger partial charge is 0.375 e. The van der Waals surface area contributed by atoms with Gasteiger partial charge in [0.1, 0.15) is 6.61 Å². The van der Waals surface area contributed by atoms with Crippen LogP contribution in [0, 0.1) is 0 Å². The smallest absolute Gasteiger partial charge is 0.246 e. The number of carbonyl (C=O) groups is 1. The van der Waals surface area contributed by atoms with Crippen molar-refractivity contribution in [2.75, 3.05) is 20.3 Å². The van der Waals surface area contributed by atoms with Gasteiger partial charge in [-0.25, -0.2) is 0 Å². The minimum Gasteiger partial charge on any atom is -0.375 e. The van der Waals surface area contributed by atoms with Crippen LogP contribution in [-0.2, 0) is 42.3 Å². The average molecular weight is 332 g/mol. The Bertz CT molecular complexity index is 693. The molecule has 1 N–H and O–H groups in total. The van der Waals surface area contributed by atoms with Gasteiger partial charge in [-0.2, -0.15) is 10.2 Å². The van der Waals surface area contributed by atoms with Crippen molar-refractivity contribution >= 4 is 5.91 Å². The van der Waals surface area contributed by atoms with E-state index in [1.807, 2.05) is 15.6 Å². The van der Waals surface area contributed by atoms with Gasteiger partial charge in [-0.3, -0.25) is 19.1 Å². The molecule has 0 atom stereocenters. The van der Waals surface area contributed by atoms with E-state index in [-0.39, 0.29) is 12.5 Å². The zero-order valence-corrected chi connectivity index (χ0v) is 14.2. The first-order valence-corrected chi connectivity index (χ1v) is 8.24. The molecule has 0 aliphatic carbocycles. The molecular weight excluding hydrogens is 308 g/mol. The summed E-state index contributed by atoms with van der Waals surface area (Å²) >= 11 is 0. The highest BCUT2D eigenvalue weighted by atomic mass is 16.5. The highest BCUT2D eigenvalue weighted by molar-refractivity contribution is 5.77. The third-order valence-electron chi connectivity index (χ3n) is 4.08. The lowest BCUT2D eigenvalue weighted by Crippen LogP contribution is -2.33. The summed E-state index contributed by atoms with van der Waals surface area (Å²) in [6.45, 7) is 6.98. The van der Waals surface area contributed by atoms with Gasteiger partial charge in [0, 0.05) is 39.5 Å². The first-order chi connectivity index (χ1) is 11.7. The summed E-state index contributed by atoms with van der Waals surface area (Å²) < 4.78 is 8.78. The first kappa shape index (κ1) is 16.7. The topological polar surface area (TPSA) is 77.2 Å². The van der Waals surface area contributed by atoms with Gasteiger partial charge < -0.3 is 10.1 Å². The molecule has 0 saturated carbocycles. The van der Waals surface area contributed by atoms with Gasteiger partial charge >= 0.3 is 0 Å². The van der Waals surface area contributed by atoms with E-state index in [1.165, 1.54) is 12.8 Å². The van der Waals surface area contributed by atoms with E-state index < -0.39 is 0 Å². The molecule has 8 nitrogen and oxygen atoms in total. The molecule has 2 aromatic rings. The monoisotopic (exact) mass is 332 g/mol. The van der Waals surface area contributed by atoms with Gasteiger partial charge in [0.05, 0.1) is 30.2 Å². The number of amides is 1. The lowest BCUT2D eigenvalue weighted by atomic mass is 10.2. The number of carbonyl (C=O) groups excluding carboxylic acids is 1. The summed E-state index contributed by atoms with van der Waals surface area (Å²) in [6, 6.07) is 4.13. The predicted molar refractivity (Wildman–Crippen MR) is 88.0 cm³/mol. The van der Waals surface area contributed by atoms with Crippen LogP contribution in [0.4, 0.5) is 0 Å². The van der Waals surface area contributed by atoms with Crippen molar-refractivity contribution in [3.8, 4) is 0 Å². The summed E-state index contributed by atoms with van der Waals surface area (Å²) in [7, 11) is 1.51. The van der Waals surface area contributed by atoms with E-state index in [1.54, 1.807) is 0 Å². The van der Waals surface area contributed by atoms with E-state index >= 15 is 0 Å². The number of nitrogens with one attached hydrogen (secondary N) is 1. The fraction of sp³-hybridized carbons (Fsp3) is 0.562. The Labute approximate surface area is 141 Å². The number of fused-ring (bicyclic) bond motifs is 1. The Morgan fingerprint density at radius 1 is 1.33 bits per heavy atom. The number of hydrogen-bond donors (Lipinski definition) is 1. The van der Waals surface area contributed by atoms with Gasteiger partial charge in [0.25, 0.3) is 0 Å². The van der Waals surface area contributed by atoms with E-state index in [2.05, 4.69) is 39.5 Å². The molecule has 1 aliphatic heterocycles. The summed E-state index contributed by atoms with van der Waals surface area (Å²) in [5.74, 6) is -0.128. The molecule has 0 unspecified atom stereocenters. The normalized spacial score (nSPS) is 14.6. The molecule has 0 bridgehead atoms. The molecule has 0 aromatic carbocycles. The quantitative estimate of drug-likeness (QED) is 0.793. The molecule has 3 heterocycles. The van der Waals surface area contributed by atoms with Crippen LogP contribution in [0.2, 0.25) is 0 Å². The molecule has 0 radical (unpaired) electrons. The standard InChI is InChI=1S/C16H24N6O2/c1-3-21-5-4-13(18-21)10-20-6-7-22-15(11-20)8-14(19-22)9-17-16(23)12-24-2/h4-5,8H,3,6-7,9-12H2,1-2H3,(H,17,23). The maximum atomic E-state index is 11.5.